The highest BCUT2D eigenvalue weighted by atomic mass is 32.2. The second-order valence-electron chi connectivity index (χ2n) is 6.74. The van der Waals surface area contributed by atoms with E-state index >= 15 is 0 Å². The molecule has 0 saturated heterocycles. The fourth-order valence-electron chi connectivity index (χ4n) is 2.61. The molecule has 0 aliphatic rings. The number of ether oxygens (including phenoxy) is 1. The van der Waals surface area contributed by atoms with Gasteiger partial charge >= 0.3 is 5.97 Å². The average Bonchev–Trinajstić information content (AvgIpc) is 2.62. The van der Waals surface area contributed by atoms with E-state index in [0.29, 0.717) is 17.8 Å². The Balaban J connectivity index is 1.84. The first-order valence-electron chi connectivity index (χ1n) is 8.92. The maximum absolute atomic E-state index is 12.3. The van der Waals surface area contributed by atoms with Gasteiger partial charge in [0.1, 0.15) is 6.54 Å². The van der Waals surface area contributed by atoms with E-state index < -0.39 is 0 Å². The third kappa shape index (κ3) is 7.07. The minimum atomic E-state index is -0.362. The van der Waals surface area contributed by atoms with Crippen LogP contribution in [0.3, 0.4) is 0 Å². The summed E-state index contributed by atoms with van der Waals surface area (Å²) < 4.78 is 5.15. The van der Waals surface area contributed by atoms with E-state index in [1.165, 1.54) is 10.5 Å². The summed E-state index contributed by atoms with van der Waals surface area (Å²) in [6.45, 7) is 4.76. The Hall–Kier alpha value is -2.31. The van der Waals surface area contributed by atoms with Crippen molar-refractivity contribution in [3.8, 4) is 0 Å². The zero-order valence-electron chi connectivity index (χ0n) is 16.2. The Labute approximate surface area is 165 Å². The Kier molecular flexibility index (Phi) is 7.88. The van der Waals surface area contributed by atoms with Crippen LogP contribution in [0.15, 0.2) is 53.4 Å². The van der Waals surface area contributed by atoms with Crippen molar-refractivity contribution in [1.29, 1.82) is 0 Å². The molecule has 2 rings (SSSR count). The van der Waals surface area contributed by atoms with Crippen molar-refractivity contribution >= 4 is 29.3 Å². The highest BCUT2D eigenvalue weighted by Crippen LogP contribution is 2.14. The normalized spacial score (nSPS) is 11.9. The molecule has 0 aliphatic heterocycles. The monoisotopic (exact) mass is 387 g/mol. The molecule has 5 nitrogen and oxygen atoms in total. The van der Waals surface area contributed by atoms with E-state index in [-0.39, 0.29) is 18.0 Å². The highest BCUT2D eigenvalue weighted by molar-refractivity contribution is 7.98. The Morgan fingerprint density at radius 3 is 2.26 bits per heavy atom. The fourth-order valence-corrected chi connectivity index (χ4v) is 3.01. The molecule has 0 aliphatic carbocycles. The van der Waals surface area contributed by atoms with E-state index in [1.54, 1.807) is 36.0 Å². The van der Waals surface area contributed by atoms with Crippen molar-refractivity contribution in [2.75, 3.05) is 25.2 Å². The minimum Gasteiger partial charge on any atom is -0.459 e. The largest absolute Gasteiger partial charge is 0.459 e. The van der Waals surface area contributed by atoms with Gasteiger partial charge in [0, 0.05) is 16.1 Å². The van der Waals surface area contributed by atoms with Crippen molar-refractivity contribution in [2.24, 2.45) is 0 Å². The van der Waals surface area contributed by atoms with Gasteiger partial charge in [0.15, 0.2) is 6.54 Å². The van der Waals surface area contributed by atoms with Crippen molar-refractivity contribution in [3.05, 3.63) is 59.7 Å². The topological polar surface area (TPSA) is 59.8 Å². The van der Waals surface area contributed by atoms with Crippen LogP contribution in [0, 0.1) is 0 Å². The molecule has 0 aromatic heterocycles. The number of hydrogen-bond acceptors (Lipinski definition) is 4. The number of amides is 1. The third-order valence-corrected chi connectivity index (χ3v) is 4.62. The zero-order valence-corrected chi connectivity index (χ0v) is 17.1. The lowest BCUT2D eigenvalue weighted by molar-refractivity contribution is -0.885. The lowest BCUT2D eigenvalue weighted by Crippen LogP contribution is -3.08. The van der Waals surface area contributed by atoms with E-state index in [1.807, 2.05) is 20.9 Å². The van der Waals surface area contributed by atoms with Crippen LogP contribution in [0.2, 0.25) is 0 Å². The summed E-state index contributed by atoms with van der Waals surface area (Å²) >= 11 is 1.71. The van der Waals surface area contributed by atoms with E-state index in [2.05, 4.69) is 35.8 Å². The van der Waals surface area contributed by atoms with E-state index in [9.17, 15) is 9.59 Å². The summed E-state index contributed by atoms with van der Waals surface area (Å²) in [5, 5.41) is 2.87. The fraction of sp³-hybridized carbons (Fsp3) is 0.333. The SMILES string of the molecule is CSc1ccc(C[NH+](C)CC(=O)Nc2ccc(C(=O)OC(C)C)cc2)cc1. The van der Waals surface area contributed by atoms with Crippen LogP contribution in [-0.4, -0.2) is 37.8 Å². The van der Waals surface area contributed by atoms with Gasteiger partial charge in [-0.3, -0.25) is 4.79 Å². The molecule has 0 saturated carbocycles. The smallest absolute Gasteiger partial charge is 0.338 e. The molecule has 0 spiro atoms. The number of likely N-dealkylation sites (N-methyl/N-ethyl adjacent to an activating group) is 1. The molecule has 0 radical (unpaired) electrons. The maximum atomic E-state index is 12.3. The van der Waals surface area contributed by atoms with Gasteiger partial charge < -0.3 is 15.0 Å². The number of hydrogen-bond donors (Lipinski definition) is 2. The summed E-state index contributed by atoms with van der Waals surface area (Å²) in [5.74, 6) is -0.426. The highest BCUT2D eigenvalue weighted by Gasteiger charge is 2.12. The summed E-state index contributed by atoms with van der Waals surface area (Å²) in [6, 6.07) is 15.1. The Morgan fingerprint density at radius 2 is 1.70 bits per heavy atom. The first-order chi connectivity index (χ1) is 12.9. The number of anilines is 1. The number of carbonyl (C=O) groups excluding carboxylic acids is 2. The third-order valence-electron chi connectivity index (χ3n) is 3.87. The van der Waals surface area contributed by atoms with Gasteiger partial charge in [0.2, 0.25) is 0 Å². The van der Waals surface area contributed by atoms with Gasteiger partial charge in [-0.25, -0.2) is 4.79 Å². The molecular weight excluding hydrogens is 360 g/mol. The van der Waals surface area contributed by atoms with E-state index in [4.69, 9.17) is 4.74 Å². The molecular formula is C21H27N2O3S+. The van der Waals surface area contributed by atoms with Crippen LogP contribution in [0.1, 0.15) is 29.8 Å². The summed E-state index contributed by atoms with van der Waals surface area (Å²) in [7, 11) is 1.99. The maximum Gasteiger partial charge on any atom is 0.338 e. The van der Waals surface area contributed by atoms with Crippen molar-refractivity contribution < 1.29 is 19.2 Å². The second-order valence-corrected chi connectivity index (χ2v) is 7.62. The zero-order chi connectivity index (χ0) is 19.8. The molecule has 2 aromatic rings. The summed E-state index contributed by atoms with van der Waals surface area (Å²) in [4.78, 5) is 26.4. The molecule has 1 atom stereocenters. The van der Waals surface area contributed by atoms with Crippen LogP contribution >= 0.6 is 11.8 Å². The predicted octanol–water partition coefficient (Wildman–Crippen LogP) is 2.63. The number of rotatable bonds is 8. The first kappa shape index (κ1) is 21.0. The lowest BCUT2D eigenvalue weighted by Gasteiger charge is -2.14. The van der Waals surface area contributed by atoms with Gasteiger partial charge in [0.25, 0.3) is 5.91 Å². The first-order valence-corrected chi connectivity index (χ1v) is 10.1. The van der Waals surface area contributed by atoms with Gasteiger partial charge in [-0.2, -0.15) is 0 Å². The molecule has 2 N–H and O–H groups in total. The van der Waals surface area contributed by atoms with Crippen molar-refractivity contribution in [3.63, 3.8) is 0 Å². The molecule has 144 valence electrons. The van der Waals surface area contributed by atoms with Crippen LogP contribution in [0.25, 0.3) is 0 Å². The molecule has 2 aromatic carbocycles. The van der Waals surface area contributed by atoms with Crippen molar-refractivity contribution in [2.45, 2.75) is 31.4 Å². The van der Waals surface area contributed by atoms with Crippen LogP contribution in [0.4, 0.5) is 5.69 Å². The average molecular weight is 388 g/mol. The molecule has 1 unspecified atom stereocenters. The number of carbonyl (C=O) groups is 2. The second kappa shape index (κ2) is 10.1. The number of thioether (sulfide) groups is 1. The molecule has 27 heavy (non-hydrogen) atoms. The van der Waals surface area contributed by atoms with E-state index in [0.717, 1.165) is 11.4 Å². The minimum absolute atomic E-state index is 0.0641. The number of benzene rings is 2. The molecule has 1 amide bonds. The molecule has 6 heteroatoms. The van der Waals surface area contributed by atoms with Gasteiger partial charge in [0.05, 0.1) is 18.7 Å². The van der Waals surface area contributed by atoms with Gasteiger partial charge in [-0.05, 0) is 56.5 Å². The standard InChI is InChI=1S/C21H26N2O3S/c1-15(2)26-21(25)17-7-9-18(10-8-17)22-20(24)14-23(3)13-16-5-11-19(27-4)12-6-16/h5-12,15H,13-14H2,1-4H3,(H,22,24)/p+1. The van der Waals surface area contributed by atoms with Crippen LogP contribution in [-0.2, 0) is 16.1 Å². The molecule has 0 bridgehead atoms. The number of nitrogens with one attached hydrogen (secondary N) is 2. The summed E-state index contributed by atoms with van der Waals surface area (Å²) in [5.41, 5.74) is 2.34. The van der Waals surface area contributed by atoms with Gasteiger partial charge in [-0.15, -0.1) is 11.8 Å². The lowest BCUT2D eigenvalue weighted by atomic mass is 10.2. The molecule has 0 heterocycles. The Bertz CT molecular complexity index is 758. The Morgan fingerprint density at radius 1 is 1.07 bits per heavy atom. The van der Waals surface area contributed by atoms with Crippen molar-refractivity contribution in [1.82, 2.24) is 0 Å². The summed E-state index contributed by atoms with van der Waals surface area (Å²) in [6.07, 6.45) is 1.89. The van der Waals surface area contributed by atoms with Gasteiger partial charge in [-0.1, -0.05) is 12.1 Å². The van der Waals surface area contributed by atoms with Crippen LogP contribution in [0.5, 0.6) is 0 Å². The number of quaternary nitrogens is 1. The predicted molar refractivity (Wildman–Crippen MR) is 109 cm³/mol. The quantitative estimate of drug-likeness (QED) is 0.540. The van der Waals surface area contributed by atoms with Crippen LogP contribution < -0.4 is 10.2 Å². The molecule has 0 fully saturated rings. The number of esters is 1.